The highest BCUT2D eigenvalue weighted by Gasteiger charge is 2.74. The van der Waals surface area contributed by atoms with Crippen molar-refractivity contribution in [2.24, 2.45) is 107 Å². The first-order chi connectivity index (χ1) is 33.8. The molecule has 0 aromatic carbocycles. The number of allylic oxidation sites excluding steroid dienone is 4. The summed E-state index contributed by atoms with van der Waals surface area (Å²) in [5.74, 6) is 1.80. The van der Waals surface area contributed by atoms with Crippen molar-refractivity contribution in [1.29, 1.82) is 0 Å². The van der Waals surface area contributed by atoms with E-state index in [9.17, 15) is 27.6 Å². The molecular weight excluding hydrogens is 941 g/mol. The lowest BCUT2D eigenvalue weighted by Crippen LogP contribution is -2.72. The summed E-state index contributed by atoms with van der Waals surface area (Å²) in [6, 6.07) is 6.01. The molecule has 0 bridgehead atoms. The Hall–Kier alpha value is -2.99. The van der Waals surface area contributed by atoms with E-state index in [4.69, 9.17) is 5.73 Å². The van der Waals surface area contributed by atoms with Gasteiger partial charge in [0.25, 0.3) is 14.1 Å². The first kappa shape index (κ1) is 55.8. The van der Waals surface area contributed by atoms with Crippen molar-refractivity contribution in [3.8, 4) is 12.1 Å². The summed E-state index contributed by atoms with van der Waals surface area (Å²) < 4.78 is 28.4. The Labute approximate surface area is 446 Å². The summed E-state index contributed by atoms with van der Waals surface area (Å²) in [4.78, 5) is 64.0. The van der Waals surface area contributed by atoms with Crippen LogP contribution in [0, 0.1) is 114 Å². The zero-order valence-electron chi connectivity index (χ0n) is 48.9. The van der Waals surface area contributed by atoms with Crippen molar-refractivity contribution >= 4 is 33.2 Å². The Balaban J connectivity index is 0.000000183. The van der Waals surface area contributed by atoms with Crippen LogP contribution in [0.3, 0.4) is 0 Å². The van der Waals surface area contributed by atoms with Crippen molar-refractivity contribution in [3.05, 3.63) is 33.0 Å². The zero-order chi connectivity index (χ0) is 54.8. The minimum atomic E-state index is -3.43. The molecule has 0 aromatic rings. The van der Waals surface area contributed by atoms with Crippen LogP contribution in [-0.4, -0.2) is 63.0 Å². The predicted molar refractivity (Wildman–Crippen MR) is 296 cm³/mol. The molecule has 10 aliphatic carbocycles. The number of nitrogens with two attached hydrogens (primary N) is 1. The lowest BCUT2D eigenvalue weighted by molar-refractivity contribution is -0.214. The average Bonchev–Trinajstić information content (AvgIpc) is 3.27. The maximum atomic E-state index is 14.6. The van der Waals surface area contributed by atoms with Gasteiger partial charge in [0.05, 0.1) is 6.26 Å². The second-order valence-electron chi connectivity index (χ2n) is 31.1. The standard InChI is InChI=1S/C32H49N2O4S.C31H47N2O2/c1-27(2)12-14-32(34-39(9,37)38)15-13-31(7)25(21(32)18-27)22(35)16-24-29(5)17-20(19-33-8)26(36)28(3,4)23(29)10-11-30(24,31)6;1-26(2)11-13-31(32)14-12-30(7)24(20(31)17-26)21(34)15-23-28(5)16-19(18-33-8)25(35)27(3,4)22(28)9-10-29(23,30)6/h17,21,23-25,34H,10-16,18H2,1-9H3;16,20,22-24H,9-15,17,32H2,1-8H3/q2*+1/t21-,23-,24+,25-,29-,30+,31+,32-;20-,22-,23+,24-,28-,29+,30+,31-/m00/s1. The van der Waals surface area contributed by atoms with Crippen molar-refractivity contribution in [2.45, 2.75) is 211 Å². The second-order valence-corrected chi connectivity index (χ2v) is 32.8. The summed E-state index contributed by atoms with van der Waals surface area (Å²) >= 11 is 0. The highest BCUT2D eigenvalue weighted by molar-refractivity contribution is 7.88. The van der Waals surface area contributed by atoms with E-state index in [1.165, 1.54) is 6.26 Å². The number of carbonyl (C=O) groups excluding carboxylic acids is 4. The molecule has 10 nitrogen and oxygen atoms in total. The van der Waals surface area contributed by atoms with Crippen molar-refractivity contribution < 1.29 is 27.6 Å². The molecule has 74 heavy (non-hydrogen) atoms. The highest BCUT2D eigenvalue weighted by Crippen LogP contribution is 2.77. The van der Waals surface area contributed by atoms with Crippen LogP contribution in [0.2, 0.25) is 0 Å². The van der Waals surface area contributed by atoms with Gasteiger partial charge in [-0.2, -0.15) is 0 Å². The van der Waals surface area contributed by atoms with Gasteiger partial charge in [0.1, 0.15) is 22.7 Å². The third-order valence-electron chi connectivity index (χ3n) is 25.6. The summed E-state index contributed by atoms with van der Waals surface area (Å²) in [6.07, 6.45) is 20.2. The first-order valence-corrected chi connectivity index (χ1v) is 30.8. The van der Waals surface area contributed by atoms with E-state index in [-0.39, 0.29) is 108 Å². The fourth-order valence-corrected chi connectivity index (χ4v) is 22.5. The second kappa shape index (κ2) is 17.0. The van der Waals surface area contributed by atoms with Crippen LogP contribution in [0.5, 0.6) is 0 Å². The number of hydrogen-bond donors (Lipinski definition) is 2. The van der Waals surface area contributed by atoms with Gasteiger partial charge in [-0.15, -0.1) is 0 Å². The molecule has 0 amide bonds. The van der Waals surface area contributed by atoms with Gasteiger partial charge in [-0.25, -0.2) is 13.1 Å². The van der Waals surface area contributed by atoms with Gasteiger partial charge in [0.2, 0.25) is 10.0 Å². The largest absolute Gasteiger partial charge is 0.325 e. The van der Waals surface area contributed by atoms with Crippen molar-refractivity contribution in [1.82, 2.24) is 4.72 Å². The van der Waals surface area contributed by atoms with Crippen LogP contribution in [-0.2, 0) is 29.2 Å². The van der Waals surface area contributed by atoms with E-state index in [0.717, 1.165) is 89.9 Å². The molecule has 0 aromatic heterocycles. The fraction of sp³-hybridized carbons (Fsp3) is 0.841. The van der Waals surface area contributed by atoms with Crippen LogP contribution < -0.4 is 10.5 Å². The lowest BCUT2D eigenvalue weighted by atomic mass is 9.32. The number of carbonyl (C=O) groups is 4. The van der Waals surface area contributed by atoms with Gasteiger partial charge >= 0.3 is 12.1 Å². The number of sulfonamides is 1. The van der Waals surface area contributed by atoms with Gasteiger partial charge in [-0.1, -0.05) is 119 Å². The lowest BCUT2D eigenvalue weighted by Gasteiger charge is -2.72. The van der Waals surface area contributed by atoms with Crippen LogP contribution in [0.15, 0.2) is 23.3 Å². The number of fused-ring (bicyclic) bond motifs is 14. The molecule has 0 spiro atoms. The average molecular weight is 1040 g/mol. The number of rotatable bonds is 2. The van der Waals surface area contributed by atoms with E-state index in [1.807, 2.05) is 0 Å². The number of Topliss-reactive ketones (excluding diaryl/α,β-unsaturated/α-hetero) is 4. The number of nitrogens with zero attached hydrogens (tertiary/aromatic N) is 2. The van der Waals surface area contributed by atoms with Crippen molar-refractivity contribution in [3.63, 3.8) is 0 Å². The molecule has 0 saturated heterocycles. The molecule has 408 valence electrons. The van der Waals surface area contributed by atoms with Crippen LogP contribution in [0.1, 0.15) is 200 Å². The van der Waals surface area contributed by atoms with E-state index < -0.39 is 26.4 Å². The van der Waals surface area contributed by atoms with Gasteiger partial charge < -0.3 is 5.73 Å². The molecule has 8 saturated carbocycles. The Morgan fingerprint density at radius 2 is 0.905 bits per heavy atom. The fourth-order valence-electron chi connectivity index (χ4n) is 21.4. The van der Waals surface area contributed by atoms with E-state index in [0.29, 0.717) is 35.6 Å². The Morgan fingerprint density at radius 3 is 1.34 bits per heavy atom. The van der Waals surface area contributed by atoms with Gasteiger partial charge in [-0.3, -0.25) is 19.2 Å². The summed E-state index contributed by atoms with van der Waals surface area (Å²) in [5.41, 5.74) is 5.88. The summed E-state index contributed by atoms with van der Waals surface area (Å²) in [6.45, 7) is 31.9. The van der Waals surface area contributed by atoms with Gasteiger partial charge in [-0.05, 0) is 169 Å². The Kier molecular flexibility index (Phi) is 12.8. The third kappa shape index (κ3) is 7.75. The summed E-state index contributed by atoms with van der Waals surface area (Å²) in [5, 5.41) is 0. The molecule has 11 heteroatoms. The minimum absolute atomic E-state index is 0.0124. The smallest absolute Gasteiger partial charge is 0.314 e. The maximum Gasteiger partial charge on any atom is 0.314 e. The quantitative estimate of drug-likeness (QED) is 0.280. The van der Waals surface area contributed by atoms with Gasteiger partial charge in [0, 0.05) is 46.6 Å². The monoisotopic (exact) mass is 1040 g/mol. The highest BCUT2D eigenvalue weighted by atomic mass is 32.2. The molecule has 0 heterocycles. The number of nitrogens with one attached hydrogen (secondary N) is 1. The molecular formula is C63H96N4O6S+2. The SMILES string of the molecule is C[N+]#CC1=C[C@]2(C)[C@H]3CC(=O)[C@@H]4[C@@H]5CC(C)(C)CC[C@]5(N)CC[C@@]4(C)[C@]3(C)CC[C@H]2C(C)(C)C1=O.C[N+]#CC1=C[C@]2(C)[C@H]3CC(=O)[C@@H]4[C@@H]5CC(C)(C)CC[C@]5(NS(C)(=O)=O)CC[C@@]4(C)[C@]3(C)CC[C@H]2C(C)(C)C1=O. The van der Waals surface area contributed by atoms with Crippen LogP contribution in [0.4, 0.5) is 0 Å². The molecule has 0 radical (unpaired) electrons. The van der Waals surface area contributed by atoms with E-state index in [2.05, 4.69) is 136 Å². The van der Waals surface area contributed by atoms with E-state index in [1.54, 1.807) is 14.1 Å². The van der Waals surface area contributed by atoms with Crippen molar-refractivity contribution in [2.75, 3.05) is 20.4 Å². The normalized spacial score (nSPS) is 48.1. The molecule has 10 rings (SSSR count). The Bertz CT molecular complexity index is 2770. The maximum absolute atomic E-state index is 14.6. The minimum Gasteiger partial charge on any atom is -0.325 e. The molecule has 10 aliphatic rings. The molecule has 3 N–H and O–H groups in total. The first-order valence-electron chi connectivity index (χ1n) is 28.9. The zero-order valence-corrected chi connectivity index (χ0v) is 49.7. The molecule has 0 aliphatic heterocycles. The van der Waals surface area contributed by atoms with Gasteiger partial charge in [0.15, 0.2) is 11.6 Å². The Morgan fingerprint density at radius 1 is 0.527 bits per heavy atom. The van der Waals surface area contributed by atoms with E-state index >= 15 is 0 Å². The number of hydrogen-bond acceptors (Lipinski definition) is 7. The predicted octanol–water partition coefficient (Wildman–Crippen LogP) is 12.5. The molecule has 8 fully saturated rings. The molecule has 16 atom stereocenters. The topological polar surface area (TPSA) is 149 Å². The van der Waals surface area contributed by atoms with Crippen LogP contribution >= 0.6 is 0 Å². The number of ketones is 4. The molecule has 0 unspecified atom stereocenters. The third-order valence-corrected chi connectivity index (χ3v) is 26.4. The summed E-state index contributed by atoms with van der Waals surface area (Å²) in [7, 11) is -0.0895. The van der Waals surface area contributed by atoms with Crippen LogP contribution in [0.25, 0.3) is 9.69 Å².